The Kier molecular flexibility index (Phi) is 9.37. The molecule has 0 spiro atoms. The molecule has 0 fully saturated rings. The summed E-state index contributed by atoms with van der Waals surface area (Å²) in [5.41, 5.74) is 14.6. The minimum Gasteiger partial charge on any atom is -0.455 e. The normalized spacial score (nSPS) is 12.0. The number of allylic oxidation sites excluding steroid dienone is 4. The molecule has 0 saturated carbocycles. The van der Waals surface area contributed by atoms with E-state index in [0.29, 0.717) is 17.5 Å². The molecule has 0 bridgehead atoms. The molecule has 6 nitrogen and oxygen atoms in total. The van der Waals surface area contributed by atoms with Crippen LogP contribution in [0.2, 0.25) is 0 Å². The predicted octanol–water partition coefficient (Wildman–Crippen LogP) is 16.4. The Morgan fingerprint density at radius 3 is 1.42 bits per heavy atom. The SMILES string of the molecule is C=C/C=C(\C=C)c1cc(-c2nc(-c3ccccc3)nc(-c3ccccc3)n2)cc(-c2ccccc2)c1-n1c2ccccc2c2c3oc4c(ccc5c4c4ccccc4n5-c4ccccc4)c3ccc21. The van der Waals surface area contributed by atoms with Crippen LogP contribution in [0.4, 0.5) is 0 Å². The highest BCUT2D eigenvalue weighted by Gasteiger charge is 2.26. The molecule has 0 saturated heterocycles. The highest BCUT2D eigenvalue weighted by atomic mass is 16.3. The van der Waals surface area contributed by atoms with Crippen molar-refractivity contribution in [2.24, 2.45) is 0 Å². The first kappa shape index (κ1) is 39.9. The van der Waals surface area contributed by atoms with E-state index in [9.17, 15) is 0 Å². The summed E-state index contributed by atoms with van der Waals surface area (Å²) >= 11 is 0. The van der Waals surface area contributed by atoms with Gasteiger partial charge in [-0.2, -0.15) is 0 Å². The van der Waals surface area contributed by atoms with Crippen LogP contribution in [-0.4, -0.2) is 24.1 Å². The van der Waals surface area contributed by atoms with Gasteiger partial charge in [-0.05, 0) is 71.8 Å². The van der Waals surface area contributed by atoms with Crippen LogP contribution in [0.5, 0.6) is 0 Å². The van der Waals surface area contributed by atoms with Crippen LogP contribution in [0.3, 0.4) is 0 Å². The molecule has 9 aromatic carbocycles. The molecular weight excluding hydrogens is 843 g/mol. The average molecular weight is 884 g/mol. The van der Waals surface area contributed by atoms with Crippen molar-refractivity contribution in [1.29, 1.82) is 0 Å². The van der Waals surface area contributed by atoms with E-state index in [1.165, 1.54) is 0 Å². The molecule has 69 heavy (non-hydrogen) atoms. The van der Waals surface area contributed by atoms with Crippen molar-refractivity contribution in [3.63, 3.8) is 0 Å². The van der Waals surface area contributed by atoms with Crippen LogP contribution in [0, 0.1) is 0 Å². The molecule has 4 aromatic heterocycles. The first-order chi connectivity index (χ1) is 34.2. The van der Waals surface area contributed by atoms with Gasteiger partial charge in [0.1, 0.15) is 11.2 Å². The van der Waals surface area contributed by atoms with E-state index in [4.69, 9.17) is 19.4 Å². The summed E-state index contributed by atoms with van der Waals surface area (Å²) in [5, 5.41) is 6.51. The maximum absolute atomic E-state index is 7.33. The largest absolute Gasteiger partial charge is 0.455 e. The number of rotatable bonds is 9. The number of hydrogen-bond acceptors (Lipinski definition) is 4. The Morgan fingerprint density at radius 1 is 0.420 bits per heavy atom. The summed E-state index contributed by atoms with van der Waals surface area (Å²) in [7, 11) is 0. The van der Waals surface area contributed by atoms with Crippen molar-refractivity contribution in [1.82, 2.24) is 24.1 Å². The second-order valence-corrected chi connectivity index (χ2v) is 17.2. The zero-order valence-electron chi connectivity index (χ0n) is 37.4. The Balaban J connectivity index is 1.13. The number of hydrogen-bond donors (Lipinski definition) is 0. The van der Waals surface area contributed by atoms with Gasteiger partial charge in [0.25, 0.3) is 0 Å². The quantitative estimate of drug-likeness (QED) is 0.136. The van der Waals surface area contributed by atoms with E-state index < -0.39 is 0 Å². The lowest BCUT2D eigenvalue weighted by Gasteiger charge is -2.21. The van der Waals surface area contributed by atoms with E-state index in [-0.39, 0.29) is 0 Å². The monoisotopic (exact) mass is 883 g/mol. The molecule has 0 amide bonds. The van der Waals surface area contributed by atoms with Crippen molar-refractivity contribution in [3.8, 4) is 56.7 Å². The number of nitrogens with zero attached hydrogens (tertiary/aromatic N) is 5. The summed E-state index contributed by atoms with van der Waals surface area (Å²) in [5.74, 6) is 1.74. The van der Waals surface area contributed by atoms with Gasteiger partial charge < -0.3 is 13.6 Å². The minimum atomic E-state index is 0.556. The van der Waals surface area contributed by atoms with E-state index in [0.717, 1.165) is 116 Å². The molecule has 13 rings (SSSR count). The summed E-state index contributed by atoms with van der Waals surface area (Å²) in [4.78, 5) is 15.4. The third-order valence-electron chi connectivity index (χ3n) is 13.3. The molecule has 4 heterocycles. The Bertz CT molecular complexity index is 4140. The van der Waals surface area contributed by atoms with Crippen LogP contribution in [0.15, 0.2) is 242 Å². The highest BCUT2D eigenvalue weighted by Crippen LogP contribution is 2.47. The second-order valence-electron chi connectivity index (χ2n) is 17.2. The predicted molar refractivity (Wildman–Crippen MR) is 286 cm³/mol. The first-order valence-electron chi connectivity index (χ1n) is 23.1. The summed E-state index contributed by atoms with van der Waals surface area (Å²) in [6, 6.07) is 71.9. The van der Waals surface area contributed by atoms with Gasteiger partial charge in [-0.15, -0.1) is 0 Å². The fraction of sp³-hybridized carbons (Fsp3) is 0. The zero-order chi connectivity index (χ0) is 46.0. The molecule has 13 aromatic rings. The lowest BCUT2D eigenvalue weighted by molar-refractivity contribution is 0.677. The van der Waals surface area contributed by atoms with Crippen LogP contribution in [-0.2, 0) is 0 Å². The van der Waals surface area contributed by atoms with Crippen molar-refractivity contribution in [2.45, 2.75) is 0 Å². The Labute approximate surface area is 397 Å². The van der Waals surface area contributed by atoms with Gasteiger partial charge in [0.2, 0.25) is 0 Å². The summed E-state index contributed by atoms with van der Waals surface area (Å²) in [6.07, 6.45) is 5.74. The zero-order valence-corrected chi connectivity index (χ0v) is 37.4. The number of furan rings is 1. The van der Waals surface area contributed by atoms with Gasteiger partial charge in [-0.3, -0.25) is 0 Å². The van der Waals surface area contributed by atoms with Gasteiger partial charge in [0, 0.05) is 55.0 Å². The van der Waals surface area contributed by atoms with E-state index >= 15 is 0 Å². The van der Waals surface area contributed by atoms with Crippen LogP contribution in [0.1, 0.15) is 5.56 Å². The highest BCUT2D eigenvalue weighted by molar-refractivity contribution is 6.29. The fourth-order valence-corrected chi connectivity index (χ4v) is 10.3. The third-order valence-corrected chi connectivity index (χ3v) is 13.3. The van der Waals surface area contributed by atoms with Gasteiger partial charge in [0.15, 0.2) is 17.5 Å². The number of aromatic nitrogens is 5. The van der Waals surface area contributed by atoms with Crippen LogP contribution >= 0.6 is 0 Å². The Morgan fingerprint density at radius 2 is 0.884 bits per heavy atom. The molecule has 0 radical (unpaired) electrons. The fourth-order valence-electron chi connectivity index (χ4n) is 10.3. The number of para-hydroxylation sites is 3. The lowest BCUT2D eigenvalue weighted by atomic mass is 9.92. The molecule has 0 atom stereocenters. The van der Waals surface area contributed by atoms with E-state index in [1.807, 2.05) is 78.9 Å². The average Bonchev–Trinajstić information content (AvgIpc) is 4.08. The summed E-state index contributed by atoms with van der Waals surface area (Å²) in [6.45, 7) is 8.52. The molecule has 6 heteroatoms. The van der Waals surface area contributed by atoms with Crippen molar-refractivity contribution < 1.29 is 4.42 Å². The van der Waals surface area contributed by atoms with Gasteiger partial charge in [-0.1, -0.05) is 177 Å². The van der Waals surface area contributed by atoms with Crippen molar-refractivity contribution in [2.75, 3.05) is 0 Å². The maximum Gasteiger partial charge on any atom is 0.164 e. The summed E-state index contributed by atoms with van der Waals surface area (Å²) < 4.78 is 12.1. The van der Waals surface area contributed by atoms with Crippen LogP contribution in [0.25, 0.3) is 128 Å². The maximum atomic E-state index is 7.33. The van der Waals surface area contributed by atoms with Gasteiger partial charge in [-0.25, -0.2) is 15.0 Å². The molecule has 324 valence electrons. The second kappa shape index (κ2) is 16.2. The molecule has 0 N–H and O–H groups in total. The topological polar surface area (TPSA) is 61.7 Å². The van der Waals surface area contributed by atoms with E-state index in [2.05, 4.69) is 168 Å². The molecule has 0 aliphatic carbocycles. The third kappa shape index (κ3) is 6.38. The molecule has 0 unspecified atom stereocenters. The standard InChI is InChI=1S/C63H41N5O/c1-3-21-40(4-2)50-38-44(63-65-61(42-24-11-6-12-25-42)64-62(66-63)43-26-13-7-14-27-43)39-51(41-22-9-5-10-23-41)58(50)68-53-33-20-18-31-49(53)57-55(68)37-35-47-46-34-36-54-56(59(46)69-60(47)57)48-30-17-19-32-52(48)67(54)45-28-15-8-16-29-45/h3-39H,1-2H2/b40-21+. The van der Waals surface area contributed by atoms with Gasteiger partial charge >= 0.3 is 0 Å². The Hall–Kier alpha value is -9.39. The molecular formula is C63H41N5O. The molecule has 0 aliphatic rings. The van der Waals surface area contributed by atoms with E-state index in [1.54, 1.807) is 0 Å². The number of fused-ring (bicyclic) bond motifs is 11. The lowest BCUT2D eigenvalue weighted by Crippen LogP contribution is -2.05. The smallest absolute Gasteiger partial charge is 0.164 e. The van der Waals surface area contributed by atoms with Crippen molar-refractivity contribution in [3.05, 3.63) is 243 Å². The van der Waals surface area contributed by atoms with Gasteiger partial charge in [0.05, 0.1) is 38.5 Å². The van der Waals surface area contributed by atoms with Crippen LogP contribution < -0.4 is 0 Å². The van der Waals surface area contributed by atoms with Crippen molar-refractivity contribution >= 4 is 71.1 Å². The number of benzene rings is 9. The molecule has 0 aliphatic heterocycles. The first-order valence-corrected chi connectivity index (χ1v) is 23.1. The minimum absolute atomic E-state index is 0.556.